The monoisotopic (exact) mass is 267 g/mol. The highest BCUT2D eigenvalue weighted by molar-refractivity contribution is 5.79. The van der Waals surface area contributed by atoms with Gasteiger partial charge in [0.2, 0.25) is 5.91 Å². The number of nitrogens with one attached hydrogen (secondary N) is 1. The van der Waals surface area contributed by atoms with E-state index < -0.39 is 0 Å². The van der Waals surface area contributed by atoms with Gasteiger partial charge in [-0.3, -0.25) is 9.89 Å². The van der Waals surface area contributed by atoms with Crippen molar-refractivity contribution in [2.75, 3.05) is 13.2 Å². The smallest absolute Gasteiger partial charge is 0.227 e. The summed E-state index contributed by atoms with van der Waals surface area (Å²) in [5.74, 6) is 0.0651. The molecule has 5 nitrogen and oxygen atoms in total. The van der Waals surface area contributed by atoms with Gasteiger partial charge in [0.25, 0.3) is 0 Å². The van der Waals surface area contributed by atoms with Gasteiger partial charge < -0.3 is 10.0 Å². The van der Waals surface area contributed by atoms with Crippen LogP contribution in [0.1, 0.15) is 43.6 Å². The van der Waals surface area contributed by atoms with Crippen LogP contribution in [0.25, 0.3) is 0 Å². The van der Waals surface area contributed by atoms with Crippen LogP contribution in [-0.2, 0) is 11.2 Å². The Hall–Kier alpha value is -1.36. The molecule has 2 N–H and O–H groups in total. The lowest BCUT2D eigenvalue weighted by molar-refractivity contribution is -0.133. The number of carbonyl (C=O) groups excluding carboxylic acids is 1. The number of rotatable bonds is 7. The van der Waals surface area contributed by atoms with Crippen molar-refractivity contribution in [3.8, 4) is 0 Å². The summed E-state index contributed by atoms with van der Waals surface area (Å²) in [6.07, 6.45) is 2.17. The Bertz CT molecular complexity index is 391. The second kappa shape index (κ2) is 7.28. The van der Waals surface area contributed by atoms with Gasteiger partial charge >= 0.3 is 0 Å². The number of carbonyl (C=O) groups is 1. The number of H-pyrrole nitrogens is 1. The molecule has 0 aliphatic heterocycles. The molecule has 1 aromatic heterocycles. The van der Waals surface area contributed by atoms with E-state index in [9.17, 15) is 4.79 Å². The lowest BCUT2D eigenvalue weighted by Crippen LogP contribution is -2.42. The Labute approximate surface area is 115 Å². The Balaban J connectivity index is 2.83. The van der Waals surface area contributed by atoms with Crippen molar-refractivity contribution < 1.29 is 9.90 Å². The molecular formula is C14H25N3O2. The van der Waals surface area contributed by atoms with Crippen LogP contribution in [0.5, 0.6) is 0 Å². The SMILES string of the molecule is CCC(CC)N(CCO)C(=O)Cc1c(C)n[nH]c1C. The first-order chi connectivity index (χ1) is 9.04. The van der Waals surface area contributed by atoms with Crippen LogP contribution in [0, 0.1) is 13.8 Å². The zero-order valence-corrected chi connectivity index (χ0v) is 12.4. The van der Waals surface area contributed by atoms with E-state index in [4.69, 9.17) is 5.11 Å². The number of nitrogens with zero attached hydrogens (tertiary/aromatic N) is 2. The highest BCUT2D eigenvalue weighted by Crippen LogP contribution is 2.15. The number of aryl methyl sites for hydroxylation is 2. The first kappa shape index (κ1) is 15.7. The maximum Gasteiger partial charge on any atom is 0.227 e. The number of aliphatic hydroxyl groups excluding tert-OH is 1. The van der Waals surface area contributed by atoms with Gasteiger partial charge in [0.05, 0.1) is 18.7 Å². The van der Waals surface area contributed by atoms with E-state index in [1.54, 1.807) is 4.90 Å². The molecule has 0 fully saturated rings. The number of aromatic nitrogens is 2. The summed E-state index contributed by atoms with van der Waals surface area (Å²) in [6.45, 7) is 8.38. The summed E-state index contributed by atoms with van der Waals surface area (Å²) in [6, 6.07) is 0.201. The highest BCUT2D eigenvalue weighted by atomic mass is 16.3. The van der Waals surface area contributed by atoms with Crippen LogP contribution in [0.4, 0.5) is 0 Å². The van der Waals surface area contributed by atoms with Gasteiger partial charge in [0, 0.05) is 23.8 Å². The minimum absolute atomic E-state index is 0.00555. The number of amides is 1. The minimum atomic E-state index is 0.00555. The summed E-state index contributed by atoms with van der Waals surface area (Å²) in [5, 5.41) is 16.2. The average Bonchev–Trinajstić information content (AvgIpc) is 2.70. The lowest BCUT2D eigenvalue weighted by atomic mass is 10.1. The van der Waals surface area contributed by atoms with Gasteiger partial charge in [-0.2, -0.15) is 5.10 Å². The number of hydrogen-bond acceptors (Lipinski definition) is 3. The van der Waals surface area contributed by atoms with Crippen LogP contribution in [0.2, 0.25) is 0 Å². The van der Waals surface area contributed by atoms with Crippen molar-refractivity contribution in [1.82, 2.24) is 15.1 Å². The van der Waals surface area contributed by atoms with E-state index in [1.807, 2.05) is 13.8 Å². The fraction of sp³-hybridized carbons (Fsp3) is 0.714. The van der Waals surface area contributed by atoms with E-state index in [2.05, 4.69) is 24.0 Å². The van der Waals surface area contributed by atoms with Crippen LogP contribution >= 0.6 is 0 Å². The summed E-state index contributed by atoms with van der Waals surface area (Å²) in [4.78, 5) is 14.2. The maximum absolute atomic E-state index is 12.4. The van der Waals surface area contributed by atoms with Crippen LogP contribution in [0.3, 0.4) is 0 Å². The Kier molecular flexibility index (Phi) is 6.02. The minimum Gasteiger partial charge on any atom is -0.395 e. The number of aromatic amines is 1. The summed E-state index contributed by atoms with van der Waals surface area (Å²) in [7, 11) is 0. The van der Waals surface area contributed by atoms with Gasteiger partial charge in [-0.15, -0.1) is 0 Å². The molecule has 19 heavy (non-hydrogen) atoms. The topological polar surface area (TPSA) is 69.2 Å². The van der Waals surface area contributed by atoms with E-state index in [0.29, 0.717) is 13.0 Å². The molecule has 0 radical (unpaired) electrons. The molecule has 0 aromatic carbocycles. The van der Waals surface area contributed by atoms with Crippen molar-refractivity contribution in [1.29, 1.82) is 0 Å². The third-order valence-corrected chi connectivity index (χ3v) is 3.65. The predicted octanol–water partition coefficient (Wildman–Crippen LogP) is 1.58. The Morgan fingerprint density at radius 2 is 2.00 bits per heavy atom. The average molecular weight is 267 g/mol. The Morgan fingerprint density at radius 3 is 2.42 bits per heavy atom. The maximum atomic E-state index is 12.4. The molecule has 1 aromatic rings. The molecule has 1 rings (SSSR count). The van der Waals surface area contributed by atoms with Crippen LogP contribution in [-0.4, -0.2) is 45.3 Å². The molecule has 1 heterocycles. The third-order valence-electron chi connectivity index (χ3n) is 3.65. The predicted molar refractivity (Wildman–Crippen MR) is 74.9 cm³/mol. The quantitative estimate of drug-likeness (QED) is 0.788. The first-order valence-electron chi connectivity index (χ1n) is 6.95. The normalized spacial score (nSPS) is 11.1. The van der Waals surface area contributed by atoms with Gasteiger partial charge in [-0.1, -0.05) is 13.8 Å². The van der Waals surface area contributed by atoms with Crippen molar-refractivity contribution >= 4 is 5.91 Å². The molecule has 0 aliphatic rings. The molecule has 0 saturated carbocycles. The van der Waals surface area contributed by atoms with Crippen LogP contribution < -0.4 is 0 Å². The van der Waals surface area contributed by atoms with Crippen molar-refractivity contribution in [2.24, 2.45) is 0 Å². The second-order valence-electron chi connectivity index (χ2n) is 4.87. The largest absolute Gasteiger partial charge is 0.395 e. The fourth-order valence-corrected chi connectivity index (χ4v) is 2.44. The van der Waals surface area contributed by atoms with Gasteiger partial charge in [0.15, 0.2) is 0 Å². The highest BCUT2D eigenvalue weighted by Gasteiger charge is 2.22. The molecule has 1 amide bonds. The van der Waals surface area contributed by atoms with E-state index in [-0.39, 0.29) is 18.6 Å². The summed E-state index contributed by atoms with van der Waals surface area (Å²) < 4.78 is 0. The van der Waals surface area contributed by atoms with Crippen molar-refractivity contribution in [2.45, 2.75) is 53.0 Å². The fourth-order valence-electron chi connectivity index (χ4n) is 2.44. The zero-order valence-electron chi connectivity index (χ0n) is 12.4. The molecule has 0 saturated heterocycles. The van der Waals surface area contributed by atoms with Gasteiger partial charge in [-0.25, -0.2) is 0 Å². The summed E-state index contributed by atoms with van der Waals surface area (Å²) in [5.41, 5.74) is 2.79. The molecular weight excluding hydrogens is 242 g/mol. The zero-order chi connectivity index (χ0) is 14.4. The second-order valence-corrected chi connectivity index (χ2v) is 4.87. The third kappa shape index (κ3) is 3.80. The molecule has 0 spiro atoms. The van der Waals surface area contributed by atoms with E-state index in [0.717, 1.165) is 29.8 Å². The first-order valence-corrected chi connectivity index (χ1v) is 6.95. The van der Waals surface area contributed by atoms with E-state index in [1.165, 1.54) is 0 Å². The molecule has 0 atom stereocenters. The molecule has 0 aliphatic carbocycles. The molecule has 5 heteroatoms. The summed E-state index contributed by atoms with van der Waals surface area (Å²) >= 11 is 0. The molecule has 0 unspecified atom stereocenters. The lowest BCUT2D eigenvalue weighted by Gasteiger charge is -2.30. The van der Waals surface area contributed by atoms with Gasteiger partial charge in [0.1, 0.15) is 0 Å². The van der Waals surface area contributed by atoms with E-state index >= 15 is 0 Å². The number of hydrogen-bond donors (Lipinski definition) is 2. The van der Waals surface area contributed by atoms with Crippen molar-refractivity contribution in [3.05, 3.63) is 17.0 Å². The van der Waals surface area contributed by atoms with Gasteiger partial charge in [-0.05, 0) is 26.7 Å². The van der Waals surface area contributed by atoms with Crippen LogP contribution in [0.15, 0.2) is 0 Å². The standard InChI is InChI=1S/C14H25N3O2/c1-5-12(6-2)17(7-8-18)14(19)9-13-10(3)15-16-11(13)4/h12,18H,5-9H2,1-4H3,(H,15,16). The molecule has 108 valence electrons. The number of aliphatic hydroxyl groups is 1. The Morgan fingerprint density at radius 1 is 1.37 bits per heavy atom. The molecule has 0 bridgehead atoms. The van der Waals surface area contributed by atoms with Crippen molar-refractivity contribution in [3.63, 3.8) is 0 Å².